The quantitative estimate of drug-likeness (QED) is 0.515. The van der Waals surface area contributed by atoms with Crippen LogP contribution in [0.2, 0.25) is 5.02 Å². The first kappa shape index (κ1) is 19.7. The number of fused-ring (bicyclic) bond motifs is 1. The van der Waals surface area contributed by atoms with E-state index in [1.165, 1.54) is 0 Å². The molecule has 1 N–H and O–H groups in total. The fourth-order valence-corrected chi connectivity index (χ4v) is 4.03. The van der Waals surface area contributed by atoms with E-state index >= 15 is 0 Å². The van der Waals surface area contributed by atoms with Crippen molar-refractivity contribution in [3.8, 4) is 0 Å². The molecule has 29 heavy (non-hydrogen) atoms. The van der Waals surface area contributed by atoms with Gasteiger partial charge in [-0.15, -0.1) is 0 Å². The Morgan fingerprint density at radius 2 is 1.79 bits per heavy atom. The van der Waals surface area contributed by atoms with E-state index in [1.54, 1.807) is 23.1 Å². The Morgan fingerprint density at radius 1 is 1.00 bits per heavy atom. The molecule has 4 rings (SSSR count). The summed E-state index contributed by atoms with van der Waals surface area (Å²) in [6.07, 6.45) is 1.81. The molecule has 1 aliphatic rings. The molecule has 3 aromatic carbocycles. The predicted molar refractivity (Wildman–Crippen MR) is 120 cm³/mol. The number of nitrogens with zero attached hydrogens (tertiary/aromatic N) is 1. The van der Waals surface area contributed by atoms with Gasteiger partial charge >= 0.3 is 0 Å². The average molecular weight is 470 g/mol. The van der Waals surface area contributed by atoms with Crippen molar-refractivity contribution in [3.63, 3.8) is 0 Å². The third-order valence-corrected chi connectivity index (χ3v) is 5.72. The van der Waals surface area contributed by atoms with E-state index in [2.05, 4.69) is 21.2 Å². The van der Waals surface area contributed by atoms with Gasteiger partial charge < -0.3 is 10.2 Å². The highest BCUT2D eigenvalue weighted by Crippen LogP contribution is 2.32. The number of hydrogen-bond donors (Lipinski definition) is 1. The van der Waals surface area contributed by atoms with Crippen LogP contribution < -0.4 is 10.2 Å². The first-order valence-electron chi connectivity index (χ1n) is 9.29. The summed E-state index contributed by atoms with van der Waals surface area (Å²) in [5.74, 6) is -0.335. The van der Waals surface area contributed by atoms with Crippen molar-refractivity contribution < 1.29 is 9.59 Å². The van der Waals surface area contributed by atoms with Gasteiger partial charge in [0.15, 0.2) is 0 Å². The molecular weight excluding hydrogens is 452 g/mol. The zero-order chi connectivity index (χ0) is 20.4. The summed E-state index contributed by atoms with van der Waals surface area (Å²) in [5.41, 5.74) is 3.59. The van der Waals surface area contributed by atoms with Crippen LogP contribution >= 0.6 is 27.5 Å². The second kappa shape index (κ2) is 8.39. The van der Waals surface area contributed by atoms with Gasteiger partial charge in [0.25, 0.3) is 11.8 Å². The first-order valence-corrected chi connectivity index (χ1v) is 10.5. The minimum Gasteiger partial charge on any atom is -0.322 e. The van der Waals surface area contributed by atoms with E-state index in [4.69, 9.17) is 11.6 Å². The SMILES string of the molecule is O=C(Nc1ccc2c(c1)N(C(=O)c1ccccc1)CCC2)c1cc(Br)ccc1Cl. The summed E-state index contributed by atoms with van der Waals surface area (Å²) in [6, 6.07) is 20.1. The molecule has 1 heterocycles. The highest BCUT2D eigenvalue weighted by molar-refractivity contribution is 9.10. The molecule has 6 heteroatoms. The zero-order valence-electron chi connectivity index (χ0n) is 15.5. The number of aryl methyl sites for hydroxylation is 1. The fraction of sp³-hybridized carbons (Fsp3) is 0.130. The first-order chi connectivity index (χ1) is 14.0. The number of anilines is 2. The molecule has 1 aliphatic heterocycles. The molecule has 146 valence electrons. The third-order valence-electron chi connectivity index (χ3n) is 4.90. The number of carbonyl (C=O) groups excluding carboxylic acids is 2. The van der Waals surface area contributed by atoms with Gasteiger partial charge in [-0.3, -0.25) is 9.59 Å². The Labute approximate surface area is 182 Å². The van der Waals surface area contributed by atoms with Crippen LogP contribution in [0.15, 0.2) is 71.2 Å². The van der Waals surface area contributed by atoms with Crippen LogP contribution in [-0.4, -0.2) is 18.4 Å². The predicted octanol–water partition coefficient (Wildman–Crippen LogP) is 5.95. The van der Waals surface area contributed by atoms with Gasteiger partial charge in [0, 0.05) is 28.0 Å². The number of hydrogen-bond acceptors (Lipinski definition) is 2. The highest BCUT2D eigenvalue weighted by atomic mass is 79.9. The van der Waals surface area contributed by atoms with Gasteiger partial charge in [0.1, 0.15) is 0 Å². The lowest BCUT2D eigenvalue weighted by Gasteiger charge is -2.30. The number of nitrogens with one attached hydrogen (secondary N) is 1. The monoisotopic (exact) mass is 468 g/mol. The number of carbonyl (C=O) groups is 2. The van der Waals surface area contributed by atoms with Crippen LogP contribution in [0.3, 0.4) is 0 Å². The second-order valence-electron chi connectivity index (χ2n) is 6.85. The summed E-state index contributed by atoms with van der Waals surface area (Å²) in [6.45, 7) is 0.648. The number of benzene rings is 3. The topological polar surface area (TPSA) is 49.4 Å². The van der Waals surface area contributed by atoms with Crippen LogP contribution in [0.25, 0.3) is 0 Å². The maximum atomic E-state index is 13.0. The normalized spacial score (nSPS) is 13.0. The van der Waals surface area contributed by atoms with Gasteiger partial charge in [0.2, 0.25) is 0 Å². The Morgan fingerprint density at radius 3 is 2.59 bits per heavy atom. The van der Waals surface area contributed by atoms with Crippen LogP contribution in [0, 0.1) is 0 Å². The minimum atomic E-state index is -0.298. The Bertz CT molecular complexity index is 1090. The zero-order valence-corrected chi connectivity index (χ0v) is 17.8. The molecule has 0 aromatic heterocycles. The smallest absolute Gasteiger partial charge is 0.258 e. The van der Waals surface area contributed by atoms with Crippen molar-refractivity contribution >= 4 is 50.7 Å². The van der Waals surface area contributed by atoms with E-state index in [1.807, 2.05) is 48.5 Å². The number of amides is 2. The Hall–Kier alpha value is -2.63. The molecule has 0 radical (unpaired) electrons. The summed E-state index contributed by atoms with van der Waals surface area (Å²) in [5, 5.41) is 3.27. The molecule has 4 nitrogen and oxygen atoms in total. The molecule has 2 amide bonds. The minimum absolute atomic E-state index is 0.0370. The van der Waals surface area contributed by atoms with Crippen molar-refractivity contribution in [2.45, 2.75) is 12.8 Å². The van der Waals surface area contributed by atoms with E-state index < -0.39 is 0 Å². The van der Waals surface area contributed by atoms with Crippen molar-refractivity contribution in [1.29, 1.82) is 0 Å². The summed E-state index contributed by atoms with van der Waals surface area (Å²) < 4.78 is 0.775. The van der Waals surface area contributed by atoms with Gasteiger partial charge in [-0.2, -0.15) is 0 Å². The number of halogens is 2. The lowest BCUT2D eigenvalue weighted by molar-refractivity contribution is 0.0984. The molecule has 0 atom stereocenters. The Balaban J connectivity index is 1.62. The standard InChI is InChI=1S/C23H18BrClN2O2/c24-17-9-11-20(25)19(13-17)22(28)26-18-10-8-15-7-4-12-27(21(15)14-18)23(29)16-5-2-1-3-6-16/h1-3,5-6,8-11,13-14H,4,7,12H2,(H,26,28). The van der Waals surface area contributed by atoms with Crippen LogP contribution in [0.4, 0.5) is 11.4 Å². The van der Waals surface area contributed by atoms with Crippen molar-refractivity contribution in [2.75, 3.05) is 16.8 Å². The molecular formula is C23H18BrClN2O2. The second-order valence-corrected chi connectivity index (χ2v) is 8.17. The molecule has 0 aliphatic carbocycles. The summed E-state index contributed by atoms with van der Waals surface area (Å²) >= 11 is 9.53. The van der Waals surface area contributed by atoms with E-state index in [0.717, 1.165) is 28.6 Å². The highest BCUT2D eigenvalue weighted by Gasteiger charge is 2.24. The Kier molecular flexibility index (Phi) is 5.69. The van der Waals surface area contributed by atoms with Crippen LogP contribution in [0.1, 0.15) is 32.7 Å². The molecule has 0 unspecified atom stereocenters. The largest absolute Gasteiger partial charge is 0.322 e. The van der Waals surface area contributed by atoms with E-state index in [0.29, 0.717) is 28.4 Å². The maximum Gasteiger partial charge on any atom is 0.258 e. The molecule has 0 fully saturated rings. The van der Waals surface area contributed by atoms with E-state index in [9.17, 15) is 9.59 Å². The molecule has 3 aromatic rings. The molecule has 0 bridgehead atoms. The summed E-state index contributed by atoms with van der Waals surface area (Å²) in [7, 11) is 0. The average Bonchev–Trinajstić information content (AvgIpc) is 2.75. The lowest BCUT2D eigenvalue weighted by atomic mass is 10.00. The van der Waals surface area contributed by atoms with Gasteiger partial charge in [-0.05, 0) is 60.9 Å². The van der Waals surface area contributed by atoms with Crippen molar-refractivity contribution in [3.05, 3.63) is 92.9 Å². The molecule has 0 spiro atoms. The van der Waals surface area contributed by atoms with Crippen LogP contribution in [-0.2, 0) is 6.42 Å². The third kappa shape index (κ3) is 4.21. The van der Waals surface area contributed by atoms with Crippen LogP contribution in [0.5, 0.6) is 0 Å². The maximum absolute atomic E-state index is 13.0. The van der Waals surface area contributed by atoms with Crippen molar-refractivity contribution in [1.82, 2.24) is 0 Å². The fourth-order valence-electron chi connectivity index (χ4n) is 3.47. The van der Waals surface area contributed by atoms with E-state index in [-0.39, 0.29) is 11.8 Å². The van der Waals surface area contributed by atoms with Gasteiger partial charge in [-0.25, -0.2) is 0 Å². The number of rotatable bonds is 3. The van der Waals surface area contributed by atoms with Gasteiger partial charge in [0.05, 0.1) is 10.6 Å². The molecule has 0 saturated heterocycles. The van der Waals surface area contributed by atoms with Gasteiger partial charge in [-0.1, -0.05) is 51.8 Å². The molecule has 0 saturated carbocycles. The van der Waals surface area contributed by atoms with Crippen molar-refractivity contribution in [2.24, 2.45) is 0 Å². The lowest BCUT2D eigenvalue weighted by Crippen LogP contribution is -2.35. The summed E-state index contributed by atoms with van der Waals surface area (Å²) in [4.78, 5) is 27.5.